The zero-order chi connectivity index (χ0) is 14.6. The fraction of sp³-hybridized carbons (Fsp3) is 0.571. The van der Waals surface area contributed by atoms with Crippen molar-refractivity contribution in [3.05, 3.63) is 29.3 Å². The minimum atomic E-state index is -3.38. The van der Waals surface area contributed by atoms with Gasteiger partial charge in [-0.2, -0.15) is 0 Å². The number of hydrogen-bond donors (Lipinski definition) is 1. The molecule has 0 radical (unpaired) electrons. The molecule has 0 saturated heterocycles. The van der Waals surface area contributed by atoms with E-state index in [4.69, 9.17) is 0 Å². The molecule has 108 valence electrons. The van der Waals surface area contributed by atoms with Gasteiger partial charge in [-0.1, -0.05) is 32.9 Å². The van der Waals surface area contributed by atoms with Gasteiger partial charge in [0, 0.05) is 26.2 Å². The summed E-state index contributed by atoms with van der Waals surface area (Å²) in [6.45, 7) is 8.94. The fourth-order valence-electron chi connectivity index (χ4n) is 1.69. The lowest BCUT2D eigenvalue weighted by Crippen LogP contribution is -2.27. The van der Waals surface area contributed by atoms with Gasteiger partial charge in [0.25, 0.3) is 0 Å². The topological polar surface area (TPSA) is 49.4 Å². The molecule has 0 aliphatic heterocycles. The first-order chi connectivity index (χ1) is 8.78. The maximum absolute atomic E-state index is 12.4. The highest BCUT2D eigenvalue weighted by molar-refractivity contribution is 7.89. The Morgan fingerprint density at radius 1 is 1.32 bits per heavy atom. The van der Waals surface area contributed by atoms with Crippen LogP contribution in [0.25, 0.3) is 0 Å². The molecule has 1 aromatic rings. The summed E-state index contributed by atoms with van der Waals surface area (Å²) in [7, 11) is -1.77. The van der Waals surface area contributed by atoms with E-state index in [1.807, 2.05) is 26.0 Å². The molecule has 0 saturated carbocycles. The van der Waals surface area contributed by atoms with Crippen LogP contribution < -0.4 is 5.32 Å². The third-order valence-electron chi connectivity index (χ3n) is 3.10. The normalized spacial score (nSPS) is 12.4. The second-order valence-corrected chi connectivity index (χ2v) is 7.07. The van der Waals surface area contributed by atoms with E-state index in [1.54, 1.807) is 13.1 Å². The van der Waals surface area contributed by atoms with Crippen LogP contribution >= 0.6 is 0 Å². The molecule has 0 bridgehead atoms. The Kier molecular flexibility index (Phi) is 5.52. The zero-order valence-corrected chi connectivity index (χ0v) is 13.2. The minimum absolute atomic E-state index is 0.375. The number of rotatable bonds is 6. The van der Waals surface area contributed by atoms with E-state index in [2.05, 4.69) is 19.2 Å². The first kappa shape index (κ1) is 16.1. The molecule has 0 aliphatic carbocycles. The molecule has 4 nitrogen and oxygen atoms in total. The highest BCUT2D eigenvalue weighted by Crippen LogP contribution is 2.20. The summed E-state index contributed by atoms with van der Waals surface area (Å²) in [5, 5.41) is 3.29. The molecule has 5 heteroatoms. The highest BCUT2D eigenvalue weighted by Gasteiger charge is 2.21. The number of sulfonamides is 1. The Bertz CT molecular complexity index is 524. The van der Waals surface area contributed by atoms with Crippen molar-refractivity contribution >= 4 is 10.0 Å². The summed E-state index contributed by atoms with van der Waals surface area (Å²) in [6.07, 6.45) is 0. The average Bonchev–Trinajstić information content (AvgIpc) is 2.36. The Balaban J connectivity index is 3.10. The number of benzene rings is 1. The molecule has 0 unspecified atom stereocenters. The van der Waals surface area contributed by atoms with E-state index in [1.165, 1.54) is 4.31 Å². The van der Waals surface area contributed by atoms with E-state index in [-0.39, 0.29) is 0 Å². The molecule has 0 heterocycles. The van der Waals surface area contributed by atoms with Gasteiger partial charge in [0.05, 0.1) is 4.90 Å². The van der Waals surface area contributed by atoms with Crippen molar-refractivity contribution in [1.82, 2.24) is 9.62 Å². The lowest BCUT2D eigenvalue weighted by atomic mass is 10.1. The van der Waals surface area contributed by atoms with Gasteiger partial charge in [-0.15, -0.1) is 0 Å². The second-order valence-electron chi connectivity index (χ2n) is 5.05. The Hall–Kier alpha value is -0.910. The molecule has 0 fully saturated rings. The van der Waals surface area contributed by atoms with E-state index >= 15 is 0 Å². The summed E-state index contributed by atoms with van der Waals surface area (Å²) < 4.78 is 26.1. The van der Waals surface area contributed by atoms with Crippen LogP contribution in [0, 0.1) is 6.92 Å². The van der Waals surface area contributed by atoms with Crippen LogP contribution in [0.15, 0.2) is 23.1 Å². The zero-order valence-electron chi connectivity index (χ0n) is 12.4. The Morgan fingerprint density at radius 3 is 2.47 bits per heavy atom. The van der Waals surface area contributed by atoms with Gasteiger partial charge in [-0.3, -0.25) is 0 Å². The van der Waals surface area contributed by atoms with E-state index in [0.717, 1.165) is 11.1 Å². The van der Waals surface area contributed by atoms with Gasteiger partial charge in [-0.05, 0) is 24.1 Å². The van der Waals surface area contributed by atoms with Gasteiger partial charge in [0.1, 0.15) is 0 Å². The molecule has 1 N–H and O–H groups in total. The Morgan fingerprint density at radius 2 is 1.95 bits per heavy atom. The van der Waals surface area contributed by atoms with Crippen LogP contribution in [-0.2, 0) is 16.6 Å². The average molecular weight is 284 g/mol. The molecule has 0 spiro atoms. The number of hydrogen-bond acceptors (Lipinski definition) is 3. The first-order valence-electron chi connectivity index (χ1n) is 6.58. The van der Waals surface area contributed by atoms with Crippen LogP contribution in [0.3, 0.4) is 0 Å². The molecular formula is C14H24N2O2S. The van der Waals surface area contributed by atoms with Gasteiger partial charge in [0.15, 0.2) is 0 Å². The summed E-state index contributed by atoms with van der Waals surface area (Å²) in [5.74, 6) is 0. The van der Waals surface area contributed by atoms with Gasteiger partial charge in [0.2, 0.25) is 10.0 Å². The maximum atomic E-state index is 12.4. The Labute approximate surface area is 116 Å². The molecular weight excluding hydrogens is 260 g/mol. The van der Waals surface area contributed by atoms with Gasteiger partial charge < -0.3 is 5.32 Å². The first-order valence-corrected chi connectivity index (χ1v) is 8.02. The van der Waals surface area contributed by atoms with Gasteiger partial charge >= 0.3 is 0 Å². The van der Waals surface area contributed by atoms with Crippen LogP contribution in [0.4, 0.5) is 0 Å². The molecule has 0 aliphatic rings. The predicted molar refractivity (Wildman–Crippen MR) is 78.6 cm³/mol. The summed E-state index contributed by atoms with van der Waals surface area (Å²) in [6, 6.07) is 5.98. The van der Waals surface area contributed by atoms with Crippen molar-refractivity contribution in [2.75, 3.05) is 13.6 Å². The van der Waals surface area contributed by atoms with E-state index in [0.29, 0.717) is 24.0 Å². The van der Waals surface area contributed by atoms with Crippen molar-refractivity contribution in [3.8, 4) is 0 Å². The van der Waals surface area contributed by atoms with Crippen LogP contribution in [-0.4, -0.2) is 32.4 Å². The van der Waals surface area contributed by atoms with Crippen LogP contribution in [0.2, 0.25) is 0 Å². The quantitative estimate of drug-likeness (QED) is 0.870. The maximum Gasteiger partial charge on any atom is 0.243 e. The highest BCUT2D eigenvalue weighted by atomic mass is 32.2. The van der Waals surface area contributed by atoms with Crippen molar-refractivity contribution in [3.63, 3.8) is 0 Å². The molecule has 1 aromatic carbocycles. The molecule has 0 atom stereocenters. The second kappa shape index (κ2) is 6.50. The molecule has 0 aromatic heterocycles. The standard InChI is InChI=1S/C14H24N2O2S/c1-6-16(5)19(17,18)14-9-13(8-7-12(14)4)10-15-11(2)3/h7-9,11,15H,6,10H2,1-5H3. The summed E-state index contributed by atoms with van der Waals surface area (Å²) in [4.78, 5) is 0.403. The van der Waals surface area contributed by atoms with Crippen molar-refractivity contribution in [2.45, 2.75) is 45.2 Å². The predicted octanol–water partition coefficient (Wildman–Crippen LogP) is 2.13. The van der Waals surface area contributed by atoms with Crippen molar-refractivity contribution in [2.24, 2.45) is 0 Å². The fourth-order valence-corrected chi connectivity index (χ4v) is 3.14. The lowest BCUT2D eigenvalue weighted by molar-refractivity contribution is 0.485. The minimum Gasteiger partial charge on any atom is -0.310 e. The molecule has 0 amide bonds. The monoisotopic (exact) mass is 284 g/mol. The third-order valence-corrected chi connectivity index (χ3v) is 5.18. The van der Waals surface area contributed by atoms with E-state index < -0.39 is 10.0 Å². The number of aryl methyl sites for hydroxylation is 1. The third kappa shape index (κ3) is 4.03. The van der Waals surface area contributed by atoms with Crippen LogP contribution in [0.5, 0.6) is 0 Å². The van der Waals surface area contributed by atoms with Crippen LogP contribution in [0.1, 0.15) is 31.9 Å². The summed E-state index contributed by atoms with van der Waals surface area (Å²) >= 11 is 0. The van der Waals surface area contributed by atoms with Crippen molar-refractivity contribution < 1.29 is 8.42 Å². The number of nitrogens with zero attached hydrogens (tertiary/aromatic N) is 1. The van der Waals surface area contributed by atoms with Crippen molar-refractivity contribution in [1.29, 1.82) is 0 Å². The largest absolute Gasteiger partial charge is 0.310 e. The van der Waals surface area contributed by atoms with E-state index in [9.17, 15) is 8.42 Å². The lowest BCUT2D eigenvalue weighted by Gasteiger charge is -2.17. The van der Waals surface area contributed by atoms with Gasteiger partial charge in [-0.25, -0.2) is 12.7 Å². The summed E-state index contributed by atoms with van der Waals surface area (Å²) in [5.41, 5.74) is 1.77. The molecule has 19 heavy (non-hydrogen) atoms. The molecule has 1 rings (SSSR count). The number of nitrogens with one attached hydrogen (secondary N) is 1. The SMILES string of the molecule is CCN(C)S(=O)(=O)c1cc(CNC(C)C)ccc1C. The smallest absolute Gasteiger partial charge is 0.243 e.